The Kier molecular flexibility index (Phi) is 5.35. The zero-order chi connectivity index (χ0) is 19.4. The average molecular weight is 371 g/mol. The van der Waals surface area contributed by atoms with E-state index in [1.165, 1.54) is 23.2 Å². The maximum atomic E-state index is 13.9. The van der Waals surface area contributed by atoms with Crippen LogP contribution in [-0.4, -0.2) is 51.7 Å². The summed E-state index contributed by atoms with van der Waals surface area (Å²) in [5.74, 6) is 0.297. The molecule has 1 fully saturated rings. The van der Waals surface area contributed by atoms with Gasteiger partial charge in [-0.1, -0.05) is 6.07 Å². The van der Waals surface area contributed by atoms with Crippen LogP contribution >= 0.6 is 0 Å². The van der Waals surface area contributed by atoms with Crippen molar-refractivity contribution in [3.05, 3.63) is 47.5 Å². The van der Waals surface area contributed by atoms with Crippen molar-refractivity contribution in [2.24, 2.45) is 0 Å². The molecule has 2 heterocycles. The molecule has 1 amide bonds. The van der Waals surface area contributed by atoms with Gasteiger partial charge < -0.3 is 19.6 Å². The van der Waals surface area contributed by atoms with Gasteiger partial charge in [0.15, 0.2) is 5.82 Å². The number of piperazine rings is 1. The summed E-state index contributed by atoms with van der Waals surface area (Å²) < 4.78 is 19.5. The molecule has 27 heavy (non-hydrogen) atoms. The van der Waals surface area contributed by atoms with E-state index in [-0.39, 0.29) is 24.1 Å². The van der Waals surface area contributed by atoms with E-state index in [0.29, 0.717) is 31.0 Å². The summed E-state index contributed by atoms with van der Waals surface area (Å²) in [7, 11) is 0. The average Bonchev–Trinajstić information content (AvgIpc) is 2.66. The van der Waals surface area contributed by atoms with Crippen molar-refractivity contribution in [2.45, 2.75) is 19.6 Å². The lowest BCUT2D eigenvalue weighted by molar-refractivity contribution is 0.122. The minimum absolute atomic E-state index is 0.0428. The minimum Gasteiger partial charge on any atom is -0.472 e. The number of carbonyl (C=O) groups is 1. The highest BCUT2D eigenvalue weighted by Crippen LogP contribution is 2.20. The SMILES string of the molecule is C[C@H]1CN(c2cncc(OCc3ccc(C#N)cc3F)n2)CCN1C(=O)O. The zero-order valence-electron chi connectivity index (χ0n) is 14.7. The van der Waals surface area contributed by atoms with Crippen molar-refractivity contribution < 1.29 is 19.0 Å². The van der Waals surface area contributed by atoms with Crippen LogP contribution < -0.4 is 9.64 Å². The van der Waals surface area contributed by atoms with Crippen LogP contribution in [0, 0.1) is 17.1 Å². The number of hydrogen-bond acceptors (Lipinski definition) is 6. The number of rotatable bonds is 4. The molecule has 1 aromatic carbocycles. The maximum absolute atomic E-state index is 13.9. The third-order valence-electron chi connectivity index (χ3n) is 4.35. The van der Waals surface area contributed by atoms with Gasteiger partial charge in [0.1, 0.15) is 12.4 Å². The third-order valence-corrected chi connectivity index (χ3v) is 4.35. The molecule has 1 aromatic heterocycles. The molecular formula is C18H18FN5O3. The first-order valence-electron chi connectivity index (χ1n) is 8.36. The molecule has 0 aliphatic carbocycles. The van der Waals surface area contributed by atoms with Crippen LogP contribution in [0.3, 0.4) is 0 Å². The molecule has 0 unspecified atom stereocenters. The summed E-state index contributed by atoms with van der Waals surface area (Å²) in [5.41, 5.74) is 0.553. The normalized spacial score (nSPS) is 16.7. The second kappa shape index (κ2) is 7.86. The topological polar surface area (TPSA) is 103 Å². The van der Waals surface area contributed by atoms with E-state index in [0.717, 1.165) is 6.07 Å². The molecule has 1 N–H and O–H groups in total. The van der Waals surface area contributed by atoms with Gasteiger partial charge in [0, 0.05) is 31.2 Å². The second-order valence-corrected chi connectivity index (χ2v) is 6.19. The summed E-state index contributed by atoms with van der Waals surface area (Å²) in [4.78, 5) is 23.0. The molecule has 0 saturated carbocycles. The van der Waals surface area contributed by atoms with Gasteiger partial charge in [-0.3, -0.25) is 4.98 Å². The van der Waals surface area contributed by atoms with Crippen LogP contribution in [0.5, 0.6) is 5.88 Å². The molecular weight excluding hydrogens is 353 g/mol. The standard InChI is InChI=1S/C18H18FN5O3/c1-12-10-23(4-5-24(12)18(25)26)16-8-21-9-17(22-16)27-11-14-3-2-13(7-20)6-15(14)19/h2-3,6,8-9,12H,4-5,10-11H2,1H3,(H,25,26)/t12-/m0/s1. The number of amides is 1. The van der Waals surface area contributed by atoms with E-state index in [1.54, 1.807) is 6.20 Å². The van der Waals surface area contributed by atoms with Gasteiger partial charge in [0.05, 0.1) is 24.0 Å². The molecule has 0 spiro atoms. The Morgan fingerprint density at radius 3 is 2.93 bits per heavy atom. The quantitative estimate of drug-likeness (QED) is 0.879. The number of carboxylic acid groups (broad SMARTS) is 1. The highest BCUT2D eigenvalue weighted by Gasteiger charge is 2.28. The molecule has 1 saturated heterocycles. The van der Waals surface area contributed by atoms with Crippen molar-refractivity contribution in [3.8, 4) is 11.9 Å². The fraction of sp³-hybridized carbons (Fsp3) is 0.333. The Morgan fingerprint density at radius 1 is 1.44 bits per heavy atom. The van der Waals surface area contributed by atoms with Gasteiger partial charge in [-0.2, -0.15) is 10.2 Å². The van der Waals surface area contributed by atoms with Crippen LogP contribution in [0.2, 0.25) is 0 Å². The lowest BCUT2D eigenvalue weighted by atomic mass is 10.1. The number of nitriles is 1. The van der Waals surface area contributed by atoms with E-state index in [1.807, 2.05) is 17.9 Å². The van der Waals surface area contributed by atoms with E-state index < -0.39 is 11.9 Å². The minimum atomic E-state index is -0.935. The number of hydrogen-bond donors (Lipinski definition) is 1. The van der Waals surface area contributed by atoms with Gasteiger partial charge in [0.2, 0.25) is 5.88 Å². The summed E-state index contributed by atoms with van der Waals surface area (Å²) in [6.07, 6.45) is 2.08. The number of halogens is 1. The molecule has 9 heteroatoms. The summed E-state index contributed by atoms with van der Waals surface area (Å²) in [6, 6.07) is 5.88. The Balaban J connectivity index is 1.66. The van der Waals surface area contributed by atoms with Gasteiger partial charge in [-0.15, -0.1) is 0 Å². The highest BCUT2D eigenvalue weighted by molar-refractivity contribution is 5.66. The van der Waals surface area contributed by atoms with Crippen molar-refractivity contribution in [3.63, 3.8) is 0 Å². The molecule has 8 nitrogen and oxygen atoms in total. The van der Waals surface area contributed by atoms with Crippen LogP contribution in [0.15, 0.2) is 30.6 Å². The second-order valence-electron chi connectivity index (χ2n) is 6.19. The zero-order valence-corrected chi connectivity index (χ0v) is 14.7. The van der Waals surface area contributed by atoms with Gasteiger partial charge in [-0.05, 0) is 19.1 Å². The Bertz CT molecular complexity index is 886. The molecule has 0 radical (unpaired) electrons. The summed E-state index contributed by atoms with van der Waals surface area (Å²) in [5, 5.41) is 17.9. The largest absolute Gasteiger partial charge is 0.472 e. The van der Waals surface area contributed by atoms with E-state index in [4.69, 9.17) is 15.1 Å². The van der Waals surface area contributed by atoms with Crippen molar-refractivity contribution in [1.29, 1.82) is 5.26 Å². The highest BCUT2D eigenvalue weighted by atomic mass is 19.1. The molecule has 0 bridgehead atoms. The van der Waals surface area contributed by atoms with E-state index in [9.17, 15) is 9.18 Å². The molecule has 1 aliphatic heterocycles. The lowest BCUT2D eigenvalue weighted by Crippen LogP contribution is -2.54. The number of aromatic nitrogens is 2. The summed E-state index contributed by atoms with van der Waals surface area (Å²) >= 11 is 0. The van der Waals surface area contributed by atoms with Gasteiger partial charge >= 0.3 is 6.09 Å². The van der Waals surface area contributed by atoms with Crippen LogP contribution in [-0.2, 0) is 6.61 Å². The number of ether oxygens (including phenoxy) is 1. The summed E-state index contributed by atoms with van der Waals surface area (Å²) in [6.45, 7) is 3.16. The van der Waals surface area contributed by atoms with Gasteiger partial charge in [0.25, 0.3) is 0 Å². The fourth-order valence-corrected chi connectivity index (χ4v) is 2.90. The first-order valence-corrected chi connectivity index (χ1v) is 8.36. The van der Waals surface area contributed by atoms with Crippen molar-refractivity contribution >= 4 is 11.9 Å². The molecule has 140 valence electrons. The van der Waals surface area contributed by atoms with Crippen LogP contribution in [0.25, 0.3) is 0 Å². The van der Waals surface area contributed by atoms with Crippen molar-refractivity contribution in [1.82, 2.24) is 14.9 Å². The molecule has 1 aliphatic rings. The van der Waals surface area contributed by atoms with Crippen LogP contribution in [0.4, 0.5) is 15.0 Å². The number of anilines is 1. The smallest absolute Gasteiger partial charge is 0.407 e. The van der Waals surface area contributed by atoms with E-state index >= 15 is 0 Å². The Labute approximate surface area is 155 Å². The Hall–Kier alpha value is -3.41. The first-order chi connectivity index (χ1) is 13.0. The third kappa shape index (κ3) is 4.23. The number of benzene rings is 1. The van der Waals surface area contributed by atoms with Gasteiger partial charge in [-0.25, -0.2) is 9.18 Å². The van der Waals surface area contributed by atoms with Crippen LogP contribution in [0.1, 0.15) is 18.1 Å². The van der Waals surface area contributed by atoms with Crippen molar-refractivity contribution in [2.75, 3.05) is 24.5 Å². The fourth-order valence-electron chi connectivity index (χ4n) is 2.90. The monoisotopic (exact) mass is 371 g/mol. The predicted molar refractivity (Wildman–Crippen MR) is 93.9 cm³/mol. The lowest BCUT2D eigenvalue weighted by Gasteiger charge is -2.38. The molecule has 3 rings (SSSR count). The number of nitrogens with zero attached hydrogens (tertiary/aromatic N) is 5. The van der Waals surface area contributed by atoms with E-state index in [2.05, 4.69) is 9.97 Å². The molecule has 1 atom stereocenters. The first kappa shape index (κ1) is 18.4. The maximum Gasteiger partial charge on any atom is 0.407 e. The Morgan fingerprint density at radius 2 is 2.26 bits per heavy atom. The predicted octanol–water partition coefficient (Wildman–Crippen LogP) is 2.25. The molecule has 2 aromatic rings.